The summed E-state index contributed by atoms with van der Waals surface area (Å²) < 4.78 is 0. The Kier molecular flexibility index (Phi) is 4.91. The fourth-order valence-corrected chi connectivity index (χ4v) is 5.01. The Morgan fingerprint density at radius 2 is 1.67 bits per heavy atom. The van der Waals surface area contributed by atoms with Crippen molar-refractivity contribution in [1.82, 2.24) is 20.4 Å². The predicted molar refractivity (Wildman–Crippen MR) is 108 cm³/mol. The lowest BCUT2D eigenvalue weighted by atomic mass is 9.99. The summed E-state index contributed by atoms with van der Waals surface area (Å²) in [6, 6.07) is 5.51. The first-order valence-corrected chi connectivity index (χ1v) is 10.8. The fraction of sp³-hybridized carbons (Fsp3) is 0.545. The van der Waals surface area contributed by atoms with Gasteiger partial charge in [0.25, 0.3) is 11.8 Å². The second-order valence-corrected chi connectivity index (χ2v) is 8.67. The van der Waals surface area contributed by atoms with Crippen molar-refractivity contribution in [3.63, 3.8) is 0 Å². The van der Waals surface area contributed by atoms with Crippen LogP contribution in [0.15, 0.2) is 18.2 Å². The minimum atomic E-state index is -0.924. The normalized spacial score (nSPS) is 25.1. The van der Waals surface area contributed by atoms with Crippen LogP contribution in [-0.4, -0.2) is 64.6 Å². The molecular formula is C22H26N4O4. The zero-order valence-electron chi connectivity index (χ0n) is 16.9. The van der Waals surface area contributed by atoms with E-state index < -0.39 is 23.8 Å². The summed E-state index contributed by atoms with van der Waals surface area (Å²) in [6.07, 6.45) is 4.82. The summed E-state index contributed by atoms with van der Waals surface area (Å²) in [7, 11) is 0. The van der Waals surface area contributed by atoms with Crippen molar-refractivity contribution in [3.8, 4) is 0 Å². The number of piperidine rings is 2. The van der Waals surface area contributed by atoms with Gasteiger partial charge in [0.15, 0.2) is 0 Å². The van der Waals surface area contributed by atoms with Gasteiger partial charge >= 0.3 is 0 Å². The molecule has 3 aliphatic heterocycles. The van der Waals surface area contributed by atoms with Gasteiger partial charge in [-0.05, 0) is 56.8 Å². The molecule has 0 radical (unpaired) electrons. The van der Waals surface area contributed by atoms with Crippen LogP contribution in [0.5, 0.6) is 0 Å². The molecule has 3 heterocycles. The maximum Gasteiger partial charge on any atom is 0.262 e. The zero-order valence-corrected chi connectivity index (χ0v) is 16.9. The SMILES string of the molecule is O=C1CCC(N2C(=O)c3cccc(CN(C4CCNCC4)C4CC4)c3C2=O)C(=O)N1. The summed E-state index contributed by atoms with van der Waals surface area (Å²) >= 11 is 0. The van der Waals surface area contributed by atoms with E-state index in [2.05, 4.69) is 15.5 Å². The van der Waals surface area contributed by atoms with Crippen LogP contribution in [0.25, 0.3) is 0 Å². The van der Waals surface area contributed by atoms with Crippen molar-refractivity contribution in [2.24, 2.45) is 0 Å². The minimum Gasteiger partial charge on any atom is -0.317 e. The van der Waals surface area contributed by atoms with Crippen LogP contribution in [0.4, 0.5) is 0 Å². The van der Waals surface area contributed by atoms with Crippen molar-refractivity contribution in [2.75, 3.05) is 13.1 Å². The molecule has 8 heteroatoms. The van der Waals surface area contributed by atoms with Gasteiger partial charge in [-0.2, -0.15) is 0 Å². The first kappa shape index (κ1) is 19.4. The molecular weight excluding hydrogens is 384 g/mol. The van der Waals surface area contributed by atoms with Crippen LogP contribution < -0.4 is 10.6 Å². The van der Waals surface area contributed by atoms with E-state index in [1.165, 1.54) is 12.8 Å². The lowest BCUT2D eigenvalue weighted by molar-refractivity contribution is -0.136. The lowest BCUT2D eigenvalue weighted by Crippen LogP contribution is -2.54. The topological polar surface area (TPSA) is 98.8 Å². The molecule has 1 aliphatic carbocycles. The van der Waals surface area contributed by atoms with Crippen molar-refractivity contribution in [1.29, 1.82) is 0 Å². The second kappa shape index (κ2) is 7.59. The van der Waals surface area contributed by atoms with E-state index in [1.54, 1.807) is 6.07 Å². The monoisotopic (exact) mass is 410 g/mol. The highest BCUT2D eigenvalue weighted by Crippen LogP contribution is 2.35. The Bertz CT molecular complexity index is 920. The van der Waals surface area contributed by atoms with Crippen molar-refractivity contribution in [2.45, 2.75) is 63.2 Å². The van der Waals surface area contributed by atoms with E-state index in [1.807, 2.05) is 12.1 Å². The molecule has 2 N–H and O–H groups in total. The van der Waals surface area contributed by atoms with Gasteiger partial charge in [-0.25, -0.2) is 0 Å². The summed E-state index contributed by atoms with van der Waals surface area (Å²) in [5.74, 6) is -1.79. The quantitative estimate of drug-likeness (QED) is 0.697. The van der Waals surface area contributed by atoms with Crippen LogP contribution in [-0.2, 0) is 16.1 Å². The number of nitrogens with one attached hydrogen (secondary N) is 2. The van der Waals surface area contributed by atoms with Gasteiger partial charge in [-0.3, -0.25) is 34.3 Å². The number of hydrogen-bond acceptors (Lipinski definition) is 6. The molecule has 1 saturated carbocycles. The molecule has 1 aromatic rings. The Balaban J connectivity index is 1.43. The molecule has 4 aliphatic rings. The minimum absolute atomic E-state index is 0.127. The molecule has 0 aromatic heterocycles. The highest BCUT2D eigenvalue weighted by atomic mass is 16.2. The average Bonchev–Trinajstić information content (AvgIpc) is 3.55. The lowest BCUT2D eigenvalue weighted by Gasteiger charge is -2.35. The van der Waals surface area contributed by atoms with Gasteiger partial charge in [0.05, 0.1) is 11.1 Å². The summed E-state index contributed by atoms with van der Waals surface area (Å²) in [6.45, 7) is 2.64. The van der Waals surface area contributed by atoms with E-state index in [0.29, 0.717) is 29.8 Å². The number of imide groups is 2. The van der Waals surface area contributed by atoms with E-state index in [-0.39, 0.29) is 18.7 Å². The van der Waals surface area contributed by atoms with Crippen LogP contribution in [0.1, 0.15) is 64.8 Å². The van der Waals surface area contributed by atoms with Gasteiger partial charge < -0.3 is 5.32 Å². The highest BCUT2D eigenvalue weighted by Gasteiger charge is 2.46. The smallest absolute Gasteiger partial charge is 0.262 e. The molecule has 1 unspecified atom stereocenters. The highest BCUT2D eigenvalue weighted by molar-refractivity contribution is 6.24. The van der Waals surface area contributed by atoms with Gasteiger partial charge in [0, 0.05) is 25.0 Å². The van der Waals surface area contributed by atoms with Gasteiger partial charge in [-0.1, -0.05) is 12.1 Å². The molecule has 8 nitrogen and oxygen atoms in total. The first-order chi connectivity index (χ1) is 14.5. The average molecular weight is 410 g/mol. The number of fused-ring (bicyclic) bond motifs is 1. The van der Waals surface area contributed by atoms with Crippen LogP contribution >= 0.6 is 0 Å². The first-order valence-electron chi connectivity index (χ1n) is 10.8. The third-order valence-electron chi connectivity index (χ3n) is 6.70. The van der Waals surface area contributed by atoms with Crippen molar-refractivity contribution < 1.29 is 19.2 Å². The molecule has 158 valence electrons. The summed E-state index contributed by atoms with van der Waals surface area (Å²) in [5.41, 5.74) is 1.64. The standard InChI is InChI=1S/C22H26N4O4/c27-18-7-6-17(20(28)24-18)26-21(29)16-3-1-2-13(19(16)22(26)30)12-25(14-4-5-14)15-8-10-23-11-9-15/h1-3,14-15,17,23H,4-12H2,(H,24,27,28). The molecule has 0 bridgehead atoms. The number of rotatable bonds is 5. The fourth-order valence-electron chi connectivity index (χ4n) is 5.01. The maximum atomic E-state index is 13.3. The van der Waals surface area contributed by atoms with Crippen LogP contribution in [0.3, 0.4) is 0 Å². The van der Waals surface area contributed by atoms with Gasteiger partial charge in [0.1, 0.15) is 6.04 Å². The number of nitrogens with zero attached hydrogens (tertiary/aromatic N) is 2. The molecule has 1 aromatic carbocycles. The zero-order chi connectivity index (χ0) is 20.8. The van der Waals surface area contributed by atoms with Crippen LogP contribution in [0.2, 0.25) is 0 Å². The summed E-state index contributed by atoms with van der Waals surface area (Å²) in [4.78, 5) is 53.7. The maximum absolute atomic E-state index is 13.3. The van der Waals surface area contributed by atoms with E-state index >= 15 is 0 Å². The third-order valence-corrected chi connectivity index (χ3v) is 6.70. The Labute approximate surface area is 175 Å². The van der Waals surface area contributed by atoms with Crippen molar-refractivity contribution in [3.05, 3.63) is 34.9 Å². The molecule has 30 heavy (non-hydrogen) atoms. The number of amides is 4. The largest absolute Gasteiger partial charge is 0.317 e. The Morgan fingerprint density at radius 3 is 2.37 bits per heavy atom. The number of benzene rings is 1. The van der Waals surface area contributed by atoms with E-state index in [4.69, 9.17) is 0 Å². The van der Waals surface area contributed by atoms with E-state index in [9.17, 15) is 19.2 Å². The molecule has 2 saturated heterocycles. The van der Waals surface area contributed by atoms with E-state index in [0.717, 1.165) is 36.4 Å². The molecule has 5 rings (SSSR count). The van der Waals surface area contributed by atoms with Gasteiger partial charge in [0.2, 0.25) is 11.8 Å². The Morgan fingerprint density at radius 1 is 0.933 bits per heavy atom. The molecule has 1 atom stereocenters. The van der Waals surface area contributed by atoms with Crippen molar-refractivity contribution >= 4 is 23.6 Å². The second-order valence-electron chi connectivity index (χ2n) is 8.67. The molecule has 3 fully saturated rings. The number of hydrogen-bond donors (Lipinski definition) is 2. The van der Waals surface area contributed by atoms with Gasteiger partial charge in [-0.15, -0.1) is 0 Å². The Hall–Kier alpha value is -2.58. The number of carbonyl (C=O) groups is 4. The third kappa shape index (κ3) is 3.33. The molecule has 0 spiro atoms. The predicted octanol–water partition coefficient (Wildman–Crippen LogP) is 0.804. The molecule has 4 amide bonds. The number of carbonyl (C=O) groups excluding carboxylic acids is 4. The summed E-state index contributed by atoms with van der Waals surface area (Å²) in [5, 5.41) is 5.65. The van der Waals surface area contributed by atoms with Crippen LogP contribution in [0, 0.1) is 0 Å².